The molecule has 1 N–H and O–H groups in total. The molecule has 0 saturated carbocycles. The summed E-state index contributed by atoms with van der Waals surface area (Å²) in [6.45, 7) is 2.58. The van der Waals surface area contributed by atoms with E-state index < -0.39 is 0 Å². The summed E-state index contributed by atoms with van der Waals surface area (Å²) >= 11 is 0. The van der Waals surface area contributed by atoms with E-state index in [1.54, 1.807) is 0 Å². The van der Waals surface area contributed by atoms with Crippen molar-refractivity contribution in [1.82, 2.24) is 14.8 Å². The zero-order valence-electron chi connectivity index (χ0n) is 18.6. The monoisotopic (exact) mass is 425 g/mol. The maximum Gasteiger partial charge on any atom is 0.254 e. The van der Waals surface area contributed by atoms with Gasteiger partial charge in [-0.15, -0.1) is 5.10 Å². The van der Waals surface area contributed by atoms with Gasteiger partial charge in [-0.2, -0.15) is 9.67 Å². The first kappa shape index (κ1) is 21.3. The van der Waals surface area contributed by atoms with E-state index in [1.807, 2.05) is 75.6 Å². The number of rotatable bonds is 7. The maximum absolute atomic E-state index is 13.1. The highest BCUT2D eigenvalue weighted by molar-refractivity contribution is 5.83. The van der Waals surface area contributed by atoms with Crippen LogP contribution in [0.4, 0.5) is 11.6 Å². The summed E-state index contributed by atoms with van der Waals surface area (Å²) < 4.78 is 1.39. The molecular weight excluding hydrogens is 398 g/mol. The lowest BCUT2D eigenvalue weighted by atomic mass is 10.1. The average molecular weight is 426 g/mol. The van der Waals surface area contributed by atoms with Gasteiger partial charge in [-0.25, -0.2) is 0 Å². The van der Waals surface area contributed by atoms with E-state index in [-0.39, 0.29) is 12.3 Å². The summed E-state index contributed by atoms with van der Waals surface area (Å²) in [7, 11) is 4.03. The summed E-state index contributed by atoms with van der Waals surface area (Å²) in [6, 6.07) is 25.9. The number of carbonyl (C=O) groups is 1. The number of hydrogen-bond donors (Lipinski definition) is 1. The minimum Gasteiger partial charge on any atom is -0.378 e. The van der Waals surface area contributed by atoms with E-state index in [1.165, 1.54) is 4.68 Å². The van der Waals surface area contributed by atoms with Crippen LogP contribution in [0.1, 0.15) is 21.5 Å². The average Bonchev–Trinajstić information content (AvgIpc) is 3.23. The molecule has 1 heterocycles. The van der Waals surface area contributed by atoms with Crippen LogP contribution in [-0.2, 0) is 13.0 Å². The Morgan fingerprint density at radius 1 is 0.906 bits per heavy atom. The lowest BCUT2D eigenvalue weighted by Gasteiger charge is -2.13. The SMILES string of the molecule is Cc1ccc(-c2nc(NCc3ccc(N(C)C)cc3)n(C(=O)Cc3ccccc3)n2)cc1. The molecule has 0 unspecified atom stereocenters. The third-order valence-electron chi connectivity index (χ3n) is 5.25. The fourth-order valence-electron chi connectivity index (χ4n) is 3.36. The molecule has 0 aliphatic heterocycles. The van der Waals surface area contributed by atoms with Gasteiger partial charge < -0.3 is 10.2 Å². The van der Waals surface area contributed by atoms with Gasteiger partial charge in [0.25, 0.3) is 5.91 Å². The molecule has 0 bridgehead atoms. The fourth-order valence-corrected chi connectivity index (χ4v) is 3.36. The van der Waals surface area contributed by atoms with Gasteiger partial charge in [0.05, 0.1) is 6.42 Å². The first-order valence-electron chi connectivity index (χ1n) is 10.6. The Kier molecular flexibility index (Phi) is 6.31. The van der Waals surface area contributed by atoms with E-state index in [4.69, 9.17) is 0 Å². The second-order valence-corrected chi connectivity index (χ2v) is 8.01. The topological polar surface area (TPSA) is 63.1 Å². The van der Waals surface area contributed by atoms with Crippen LogP contribution in [0.25, 0.3) is 11.4 Å². The highest BCUT2D eigenvalue weighted by Crippen LogP contribution is 2.20. The van der Waals surface area contributed by atoms with Crippen LogP contribution in [0.15, 0.2) is 78.9 Å². The number of carbonyl (C=O) groups excluding carboxylic acids is 1. The van der Waals surface area contributed by atoms with Gasteiger partial charge in [-0.3, -0.25) is 4.79 Å². The lowest BCUT2D eigenvalue weighted by molar-refractivity contribution is 0.0901. The second kappa shape index (κ2) is 9.47. The van der Waals surface area contributed by atoms with E-state index >= 15 is 0 Å². The van der Waals surface area contributed by atoms with Crippen molar-refractivity contribution < 1.29 is 4.79 Å². The van der Waals surface area contributed by atoms with Crippen LogP contribution in [0.2, 0.25) is 0 Å². The molecule has 0 spiro atoms. The minimum absolute atomic E-state index is 0.132. The van der Waals surface area contributed by atoms with Crippen molar-refractivity contribution in [1.29, 1.82) is 0 Å². The summed E-state index contributed by atoms with van der Waals surface area (Å²) in [6.07, 6.45) is 0.254. The molecule has 0 atom stereocenters. The molecule has 3 aromatic carbocycles. The van der Waals surface area contributed by atoms with Crippen molar-refractivity contribution in [2.75, 3.05) is 24.3 Å². The van der Waals surface area contributed by atoms with Gasteiger partial charge in [0.1, 0.15) is 0 Å². The van der Waals surface area contributed by atoms with Crippen molar-refractivity contribution in [3.63, 3.8) is 0 Å². The normalized spacial score (nSPS) is 10.7. The van der Waals surface area contributed by atoms with Crippen molar-refractivity contribution >= 4 is 17.5 Å². The Morgan fingerprint density at radius 3 is 2.25 bits per heavy atom. The molecule has 0 aliphatic carbocycles. The molecule has 4 rings (SSSR count). The zero-order valence-corrected chi connectivity index (χ0v) is 18.6. The number of hydrogen-bond acceptors (Lipinski definition) is 5. The van der Waals surface area contributed by atoms with E-state index in [9.17, 15) is 4.79 Å². The van der Waals surface area contributed by atoms with E-state index in [0.717, 1.165) is 27.9 Å². The third kappa shape index (κ3) is 5.03. The largest absolute Gasteiger partial charge is 0.378 e. The Bertz CT molecular complexity index is 1180. The summed E-state index contributed by atoms with van der Waals surface area (Å²) in [4.78, 5) is 19.8. The molecule has 0 aliphatic rings. The van der Waals surface area contributed by atoms with Crippen LogP contribution in [0.5, 0.6) is 0 Å². The van der Waals surface area contributed by atoms with Crippen molar-refractivity contribution in [3.05, 3.63) is 95.6 Å². The Hall–Kier alpha value is -3.93. The van der Waals surface area contributed by atoms with Gasteiger partial charge in [0, 0.05) is 31.9 Å². The number of aryl methyl sites for hydroxylation is 1. The van der Waals surface area contributed by atoms with Crippen LogP contribution >= 0.6 is 0 Å². The number of anilines is 2. The number of aromatic nitrogens is 3. The maximum atomic E-state index is 13.1. The molecule has 0 saturated heterocycles. The predicted octanol–water partition coefficient (Wildman–Crippen LogP) is 4.81. The Morgan fingerprint density at radius 2 is 1.59 bits per heavy atom. The molecule has 0 fully saturated rings. The first-order valence-corrected chi connectivity index (χ1v) is 10.6. The Balaban J connectivity index is 1.59. The highest BCUT2D eigenvalue weighted by Gasteiger charge is 2.17. The summed E-state index contributed by atoms with van der Waals surface area (Å²) in [5.74, 6) is 0.836. The second-order valence-electron chi connectivity index (χ2n) is 8.01. The molecule has 4 aromatic rings. The molecule has 0 radical (unpaired) electrons. The quantitative estimate of drug-likeness (QED) is 0.460. The molecule has 0 amide bonds. The van der Waals surface area contributed by atoms with Crippen molar-refractivity contribution in [2.45, 2.75) is 19.9 Å². The lowest BCUT2D eigenvalue weighted by Crippen LogP contribution is -2.18. The number of benzene rings is 3. The van der Waals surface area contributed by atoms with Gasteiger partial charge >= 0.3 is 0 Å². The highest BCUT2D eigenvalue weighted by atomic mass is 16.2. The molecular formula is C26H27N5O. The molecule has 1 aromatic heterocycles. The standard InChI is InChI=1S/C26H27N5O/c1-19-9-13-22(14-10-19)25-28-26(27-18-21-11-15-23(16-12-21)30(2)3)31(29-25)24(32)17-20-7-5-4-6-8-20/h4-16H,17-18H2,1-3H3,(H,27,28,29). The zero-order chi connectivity index (χ0) is 22.5. The fraction of sp³-hybridized carbons (Fsp3) is 0.192. The summed E-state index contributed by atoms with van der Waals surface area (Å²) in [5.41, 5.74) is 5.21. The first-order chi connectivity index (χ1) is 15.5. The van der Waals surface area contributed by atoms with Gasteiger partial charge in [-0.05, 0) is 30.2 Å². The van der Waals surface area contributed by atoms with Crippen LogP contribution < -0.4 is 10.2 Å². The molecule has 162 valence electrons. The molecule has 32 heavy (non-hydrogen) atoms. The predicted molar refractivity (Wildman–Crippen MR) is 129 cm³/mol. The van der Waals surface area contributed by atoms with Crippen molar-refractivity contribution in [3.8, 4) is 11.4 Å². The molecule has 6 heteroatoms. The van der Waals surface area contributed by atoms with E-state index in [2.05, 4.69) is 44.6 Å². The number of nitrogens with zero attached hydrogens (tertiary/aromatic N) is 4. The minimum atomic E-state index is -0.132. The third-order valence-corrected chi connectivity index (χ3v) is 5.25. The van der Waals surface area contributed by atoms with Gasteiger partial charge in [-0.1, -0.05) is 72.3 Å². The number of nitrogens with one attached hydrogen (secondary N) is 1. The summed E-state index contributed by atoms with van der Waals surface area (Å²) in [5, 5.41) is 7.84. The Labute approximate surface area is 188 Å². The van der Waals surface area contributed by atoms with Gasteiger partial charge in [0.15, 0.2) is 5.82 Å². The van der Waals surface area contributed by atoms with Gasteiger partial charge in [0.2, 0.25) is 5.95 Å². The van der Waals surface area contributed by atoms with Crippen LogP contribution in [0, 0.1) is 6.92 Å². The smallest absolute Gasteiger partial charge is 0.254 e. The molecule has 6 nitrogen and oxygen atoms in total. The van der Waals surface area contributed by atoms with Crippen LogP contribution in [0.3, 0.4) is 0 Å². The van der Waals surface area contributed by atoms with E-state index in [0.29, 0.717) is 18.3 Å². The van der Waals surface area contributed by atoms with Crippen LogP contribution in [-0.4, -0.2) is 34.8 Å². The van der Waals surface area contributed by atoms with Crippen molar-refractivity contribution in [2.24, 2.45) is 0 Å².